The van der Waals surface area contributed by atoms with Crippen LogP contribution in [0.3, 0.4) is 0 Å². The number of likely N-dealkylation sites (N-methyl/N-ethyl adjacent to an activating group) is 1. The summed E-state index contributed by atoms with van der Waals surface area (Å²) < 4.78 is 11.6. The van der Waals surface area contributed by atoms with E-state index in [4.69, 9.17) is 9.15 Å². The van der Waals surface area contributed by atoms with Crippen LogP contribution in [0.2, 0.25) is 0 Å². The fourth-order valence-corrected chi connectivity index (χ4v) is 2.56. The lowest BCUT2D eigenvalue weighted by molar-refractivity contribution is 0.263. The van der Waals surface area contributed by atoms with Crippen molar-refractivity contribution >= 4 is 11.0 Å². The normalized spacial score (nSPS) is 17.7. The van der Waals surface area contributed by atoms with E-state index in [1.807, 2.05) is 6.26 Å². The molecule has 3 rings (SSSR count). The maximum Gasteiger partial charge on any atom is 0.140 e. The van der Waals surface area contributed by atoms with E-state index in [0.717, 1.165) is 43.9 Å². The molecular weight excluding hydrogens is 226 g/mol. The Labute approximate surface area is 107 Å². The third-order valence-electron chi connectivity index (χ3n) is 3.66. The summed E-state index contributed by atoms with van der Waals surface area (Å²) in [5.41, 5.74) is 3.41. The zero-order valence-electron chi connectivity index (χ0n) is 11.0. The average molecular weight is 245 g/mol. The Kier molecular flexibility index (Phi) is 3.00. The summed E-state index contributed by atoms with van der Waals surface area (Å²) in [4.78, 5) is 2.35. The minimum absolute atomic E-state index is 0.771. The van der Waals surface area contributed by atoms with Gasteiger partial charge < -0.3 is 14.1 Å². The largest absolute Gasteiger partial charge is 0.493 e. The number of aryl methyl sites for hydroxylation is 1. The minimum Gasteiger partial charge on any atom is -0.493 e. The zero-order valence-corrected chi connectivity index (χ0v) is 11.0. The summed E-state index contributed by atoms with van der Waals surface area (Å²) in [7, 11) is 2.16. The fraction of sp³-hybridized carbons (Fsp3) is 0.467. The predicted molar refractivity (Wildman–Crippen MR) is 72.3 cm³/mol. The Balaban J connectivity index is 2.10. The number of rotatable bonds is 0. The van der Waals surface area contributed by atoms with Crippen LogP contribution in [0.4, 0.5) is 0 Å². The molecule has 1 aromatic carbocycles. The smallest absolute Gasteiger partial charge is 0.140 e. The standard InChI is InChI=1S/C15H19NO2/c1-11-4-5-13-14-12(10-18-15(11)14)6-8-16(2)7-3-9-17-13/h4-5,10H,3,6-9H2,1-2H3. The first-order valence-corrected chi connectivity index (χ1v) is 6.57. The third kappa shape index (κ3) is 1.99. The monoisotopic (exact) mass is 245 g/mol. The van der Waals surface area contributed by atoms with Crippen molar-refractivity contribution in [1.82, 2.24) is 4.90 Å². The molecule has 0 saturated heterocycles. The predicted octanol–water partition coefficient (Wildman–Crippen LogP) is 3.00. The van der Waals surface area contributed by atoms with Crippen LogP contribution in [-0.4, -0.2) is 31.6 Å². The van der Waals surface area contributed by atoms with Gasteiger partial charge in [-0.05, 0) is 38.4 Å². The molecule has 2 aromatic rings. The molecule has 1 aliphatic rings. The van der Waals surface area contributed by atoms with Crippen molar-refractivity contribution in [2.45, 2.75) is 19.8 Å². The van der Waals surface area contributed by atoms with Crippen LogP contribution >= 0.6 is 0 Å². The molecule has 1 aromatic heterocycles. The molecule has 18 heavy (non-hydrogen) atoms. The van der Waals surface area contributed by atoms with Crippen LogP contribution in [-0.2, 0) is 6.42 Å². The van der Waals surface area contributed by atoms with Gasteiger partial charge in [0, 0.05) is 18.7 Å². The third-order valence-corrected chi connectivity index (χ3v) is 3.66. The number of ether oxygens (including phenoxy) is 1. The van der Waals surface area contributed by atoms with Crippen LogP contribution in [0.1, 0.15) is 17.5 Å². The maximum atomic E-state index is 5.91. The first-order chi connectivity index (χ1) is 8.75. The Bertz CT molecular complexity index is 559. The summed E-state index contributed by atoms with van der Waals surface area (Å²) in [5.74, 6) is 0.976. The van der Waals surface area contributed by atoms with Crippen molar-refractivity contribution in [3.05, 3.63) is 29.5 Å². The van der Waals surface area contributed by atoms with Gasteiger partial charge in [0.05, 0.1) is 18.3 Å². The van der Waals surface area contributed by atoms with Gasteiger partial charge in [-0.15, -0.1) is 0 Å². The molecular formula is C15H19NO2. The highest BCUT2D eigenvalue weighted by molar-refractivity contribution is 5.89. The molecule has 0 atom stereocenters. The quantitative estimate of drug-likeness (QED) is 0.713. The van der Waals surface area contributed by atoms with Gasteiger partial charge in [-0.1, -0.05) is 6.07 Å². The van der Waals surface area contributed by atoms with Gasteiger partial charge in [0.1, 0.15) is 11.3 Å². The molecule has 0 unspecified atom stereocenters. The lowest BCUT2D eigenvalue weighted by Gasteiger charge is -2.18. The van der Waals surface area contributed by atoms with E-state index in [9.17, 15) is 0 Å². The number of furan rings is 1. The molecule has 0 N–H and O–H groups in total. The van der Waals surface area contributed by atoms with Gasteiger partial charge in [-0.25, -0.2) is 0 Å². The van der Waals surface area contributed by atoms with Gasteiger partial charge in [-0.3, -0.25) is 0 Å². The highest BCUT2D eigenvalue weighted by Gasteiger charge is 2.15. The Morgan fingerprint density at radius 3 is 3.00 bits per heavy atom. The summed E-state index contributed by atoms with van der Waals surface area (Å²) in [6.07, 6.45) is 3.97. The van der Waals surface area contributed by atoms with Crippen molar-refractivity contribution in [2.75, 3.05) is 26.7 Å². The second-order valence-electron chi connectivity index (χ2n) is 5.10. The zero-order chi connectivity index (χ0) is 12.5. The molecule has 0 amide bonds. The first kappa shape index (κ1) is 11.6. The van der Waals surface area contributed by atoms with Crippen molar-refractivity contribution in [3.63, 3.8) is 0 Å². The molecule has 1 aliphatic heterocycles. The minimum atomic E-state index is 0.771. The molecule has 0 saturated carbocycles. The van der Waals surface area contributed by atoms with Gasteiger partial charge in [-0.2, -0.15) is 0 Å². The second kappa shape index (κ2) is 4.65. The highest BCUT2D eigenvalue weighted by Crippen LogP contribution is 2.33. The first-order valence-electron chi connectivity index (χ1n) is 6.57. The van der Waals surface area contributed by atoms with Crippen LogP contribution in [0.15, 0.2) is 22.8 Å². The summed E-state index contributed by atoms with van der Waals surface area (Å²) in [5, 5.41) is 1.17. The summed E-state index contributed by atoms with van der Waals surface area (Å²) in [6, 6.07) is 4.14. The molecule has 3 nitrogen and oxygen atoms in total. The van der Waals surface area contributed by atoms with Gasteiger partial charge in [0.2, 0.25) is 0 Å². The van der Waals surface area contributed by atoms with Gasteiger partial charge in [0.25, 0.3) is 0 Å². The number of hydrogen-bond acceptors (Lipinski definition) is 3. The van der Waals surface area contributed by atoms with E-state index in [-0.39, 0.29) is 0 Å². The SMILES string of the molecule is Cc1ccc2c3c(coc13)CCN(C)CCCO2. The van der Waals surface area contributed by atoms with Crippen molar-refractivity contribution in [2.24, 2.45) is 0 Å². The number of nitrogens with zero attached hydrogens (tertiary/aromatic N) is 1. The fourth-order valence-electron chi connectivity index (χ4n) is 2.56. The van der Waals surface area contributed by atoms with Crippen molar-refractivity contribution < 1.29 is 9.15 Å². The van der Waals surface area contributed by atoms with Gasteiger partial charge >= 0.3 is 0 Å². The number of benzene rings is 1. The molecule has 0 radical (unpaired) electrons. The van der Waals surface area contributed by atoms with Crippen LogP contribution < -0.4 is 4.74 Å². The van der Waals surface area contributed by atoms with Crippen LogP contribution in [0.25, 0.3) is 11.0 Å². The topological polar surface area (TPSA) is 25.6 Å². The molecule has 96 valence electrons. The van der Waals surface area contributed by atoms with E-state index < -0.39 is 0 Å². The van der Waals surface area contributed by atoms with Gasteiger partial charge in [0.15, 0.2) is 0 Å². The Morgan fingerprint density at radius 1 is 1.22 bits per heavy atom. The Hall–Kier alpha value is -1.48. The second-order valence-corrected chi connectivity index (χ2v) is 5.10. The lowest BCUT2D eigenvalue weighted by Crippen LogP contribution is -2.24. The summed E-state index contributed by atoms with van der Waals surface area (Å²) >= 11 is 0. The number of hydrogen-bond donors (Lipinski definition) is 0. The van der Waals surface area contributed by atoms with E-state index in [1.165, 1.54) is 16.5 Å². The van der Waals surface area contributed by atoms with Crippen LogP contribution in [0, 0.1) is 6.92 Å². The van der Waals surface area contributed by atoms with Crippen molar-refractivity contribution in [1.29, 1.82) is 0 Å². The van der Waals surface area contributed by atoms with E-state index in [2.05, 4.69) is 31.0 Å². The molecule has 3 heteroatoms. The summed E-state index contributed by atoms with van der Waals surface area (Å²) in [6.45, 7) is 5.01. The lowest BCUT2D eigenvalue weighted by atomic mass is 10.1. The van der Waals surface area contributed by atoms with E-state index in [1.54, 1.807) is 0 Å². The molecule has 2 heterocycles. The Morgan fingerprint density at radius 2 is 2.11 bits per heavy atom. The molecule has 0 bridgehead atoms. The van der Waals surface area contributed by atoms with Crippen LogP contribution in [0.5, 0.6) is 5.75 Å². The molecule has 0 spiro atoms. The van der Waals surface area contributed by atoms with Crippen molar-refractivity contribution in [3.8, 4) is 5.75 Å². The highest BCUT2D eigenvalue weighted by atomic mass is 16.5. The maximum absolute atomic E-state index is 5.91. The molecule has 0 aliphatic carbocycles. The average Bonchev–Trinajstić information content (AvgIpc) is 2.79. The van der Waals surface area contributed by atoms with E-state index in [0.29, 0.717) is 0 Å². The van der Waals surface area contributed by atoms with E-state index >= 15 is 0 Å². The molecule has 0 fully saturated rings.